The van der Waals surface area contributed by atoms with E-state index in [4.69, 9.17) is 5.11 Å². The zero-order valence-corrected chi connectivity index (χ0v) is 10.7. The molecule has 0 aromatic heterocycles. The first-order valence-electron chi connectivity index (χ1n) is 6.07. The SMILES string of the molecule is CC(C)Cc1ccc(C(O)C(O)CC(=O)O)cc1. The lowest BCUT2D eigenvalue weighted by Crippen LogP contribution is -2.21. The Bertz CT molecular complexity index is 383. The van der Waals surface area contributed by atoms with E-state index in [0.29, 0.717) is 11.5 Å². The molecule has 0 aliphatic heterocycles. The summed E-state index contributed by atoms with van der Waals surface area (Å²) in [5.74, 6) is -0.573. The van der Waals surface area contributed by atoms with Gasteiger partial charge in [-0.15, -0.1) is 0 Å². The Morgan fingerprint density at radius 2 is 1.72 bits per heavy atom. The largest absolute Gasteiger partial charge is 0.481 e. The first-order valence-corrected chi connectivity index (χ1v) is 6.07. The molecule has 0 bridgehead atoms. The van der Waals surface area contributed by atoms with Crippen molar-refractivity contribution in [2.45, 2.75) is 38.9 Å². The van der Waals surface area contributed by atoms with Gasteiger partial charge in [0.15, 0.2) is 0 Å². The average molecular weight is 252 g/mol. The number of carbonyl (C=O) groups is 1. The molecular formula is C14H20O4. The molecule has 1 aromatic rings. The normalized spacial score (nSPS) is 14.5. The lowest BCUT2D eigenvalue weighted by atomic mass is 9.98. The number of aliphatic hydroxyl groups excluding tert-OH is 2. The van der Waals surface area contributed by atoms with Crippen LogP contribution in [0.1, 0.15) is 37.5 Å². The molecule has 0 amide bonds. The van der Waals surface area contributed by atoms with Gasteiger partial charge in [0.25, 0.3) is 0 Å². The highest BCUT2D eigenvalue weighted by atomic mass is 16.4. The van der Waals surface area contributed by atoms with Crippen molar-refractivity contribution in [1.29, 1.82) is 0 Å². The predicted molar refractivity (Wildman–Crippen MR) is 68.2 cm³/mol. The smallest absolute Gasteiger partial charge is 0.306 e. The number of hydrogen-bond acceptors (Lipinski definition) is 3. The molecular weight excluding hydrogens is 232 g/mol. The molecule has 100 valence electrons. The van der Waals surface area contributed by atoms with E-state index < -0.39 is 24.6 Å². The van der Waals surface area contributed by atoms with Crippen LogP contribution in [0.2, 0.25) is 0 Å². The van der Waals surface area contributed by atoms with Crippen LogP contribution in [0.15, 0.2) is 24.3 Å². The molecule has 0 aliphatic carbocycles. The van der Waals surface area contributed by atoms with Gasteiger partial charge in [-0.1, -0.05) is 38.1 Å². The molecule has 1 aromatic carbocycles. The van der Waals surface area contributed by atoms with E-state index in [1.807, 2.05) is 12.1 Å². The fourth-order valence-electron chi connectivity index (χ4n) is 1.83. The molecule has 2 unspecified atom stereocenters. The number of rotatable bonds is 6. The van der Waals surface area contributed by atoms with Crippen LogP contribution in [0, 0.1) is 5.92 Å². The molecule has 0 fully saturated rings. The second kappa shape index (κ2) is 6.52. The summed E-state index contributed by atoms with van der Waals surface area (Å²) in [6.45, 7) is 4.25. The van der Waals surface area contributed by atoms with Crippen LogP contribution in [0.5, 0.6) is 0 Å². The number of carboxylic acid groups (broad SMARTS) is 1. The highest BCUT2D eigenvalue weighted by molar-refractivity contribution is 5.67. The third kappa shape index (κ3) is 4.47. The van der Waals surface area contributed by atoms with Crippen LogP contribution < -0.4 is 0 Å². The Labute approximate surface area is 107 Å². The molecule has 0 heterocycles. The summed E-state index contributed by atoms with van der Waals surface area (Å²) >= 11 is 0. The maximum atomic E-state index is 10.4. The van der Waals surface area contributed by atoms with Gasteiger partial charge in [-0.2, -0.15) is 0 Å². The minimum atomic E-state index is -1.28. The molecule has 2 atom stereocenters. The summed E-state index contributed by atoms with van der Waals surface area (Å²) in [7, 11) is 0. The lowest BCUT2D eigenvalue weighted by molar-refractivity contribution is -0.141. The standard InChI is InChI=1S/C14H20O4/c1-9(2)7-10-3-5-11(6-4-10)14(18)12(15)8-13(16)17/h3-6,9,12,14-15,18H,7-8H2,1-2H3,(H,16,17). The zero-order chi connectivity index (χ0) is 13.7. The van der Waals surface area contributed by atoms with E-state index in [2.05, 4.69) is 13.8 Å². The van der Waals surface area contributed by atoms with Crippen LogP contribution in [0.3, 0.4) is 0 Å². The Balaban J connectivity index is 2.69. The van der Waals surface area contributed by atoms with Crippen LogP contribution in [-0.2, 0) is 11.2 Å². The minimum absolute atomic E-state index is 0.463. The Hall–Kier alpha value is -1.39. The average Bonchev–Trinajstić information content (AvgIpc) is 2.27. The van der Waals surface area contributed by atoms with Gasteiger partial charge in [0.1, 0.15) is 6.10 Å². The summed E-state index contributed by atoms with van der Waals surface area (Å²) < 4.78 is 0. The van der Waals surface area contributed by atoms with Gasteiger partial charge in [0, 0.05) is 0 Å². The fourth-order valence-corrected chi connectivity index (χ4v) is 1.83. The molecule has 0 saturated carbocycles. The number of aliphatic carboxylic acids is 1. The van der Waals surface area contributed by atoms with Crippen molar-refractivity contribution in [1.82, 2.24) is 0 Å². The van der Waals surface area contributed by atoms with Gasteiger partial charge in [-0.3, -0.25) is 4.79 Å². The van der Waals surface area contributed by atoms with Crippen molar-refractivity contribution >= 4 is 5.97 Å². The van der Waals surface area contributed by atoms with E-state index >= 15 is 0 Å². The van der Waals surface area contributed by atoms with Crippen LogP contribution in [0.4, 0.5) is 0 Å². The van der Waals surface area contributed by atoms with Gasteiger partial charge in [-0.25, -0.2) is 0 Å². The monoisotopic (exact) mass is 252 g/mol. The van der Waals surface area contributed by atoms with Crippen molar-refractivity contribution in [2.75, 3.05) is 0 Å². The second-order valence-corrected chi connectivity index (χ2v) is 4.95. The summed E-state index contributed by atoms with van der Waals surface area (Å²) in [5.41, 5.74) is 1.70. The van der Waals surface area contributed by atoms with E-state index in [1.165, 1.54) is 0 Å². The third-order valence-corrected chi connectivity index (χ3v) is 2.71. The molecule has 0 saturated heterocycles. The highest BCUT2D eigenvalue weighted by Gasteiger charge is 2.20. The van der Waals surface area contributed by atoms with Crippen LogP contribution in [-0.4, -0.2) is 27.4 Å². The fraction of sp³-hybridized carbons (Fsp3) is 0.500. The first-order chi connectivity index (χ1) is 8.40. The van der Waals surface area contributed by atoms with Crippen LogP contribution in [0.25, 0.3) is 0 Å². The number of aliphatic hydroxyl groups is 2. The first kappa shape index (κ1) is 14.7. The second-order valence-electron chi connectivity index (χ2n) is 4.95. The predicted octanol–water partition coefficient (Wildman–Crippen LogP) is 1.75. The molecule has 3 N–H and O–H groups in total. The van der Waals surface area contributed by atoms with E-state index in [-0.39, 0.29) is 0 Å². The molecule has 4 heteroatoms. The molecule has 4 nitrogen and oxygen atoms in total. The van der Waals surface area contributed by atoms with E-state index in [9.17, 15) is 15.0 Å². The maximum absolute atomic E-state index is 10.4. The van der Waals surface area contributed by atoms with Gasteiger partial charge in [0.05, 0.1) is 12.5 Å². The van der Waals surface area contributed by atoms with Crippen molar-refractivity contribution < 1.29 is 20.1 Å². The zero-order valence-electron chi connectivity index (χ0n) is 10.7. The Kier molecular flexibility index (Phi) is 5.31. The molecule has 1 rings (SSSR count). The van der Waals surface area contributed by atoms with Crippen molar-refractivity contribution in [2.24, 2.45) is 5.92 Å². The van der Waals surface area contributed by atoms with Crippen molar-refractivity contribution in [3.63, 3.8) is 0 Å². The van der Waals surface area contributed by atoms with E-state index in [0.717, 1.165) is 12.0 Å². The Morgan fingerprint density at radius 1 is 1.17 bits per heavy atom. The summed E-state index contributed by atoms with van der Waals surface area (Å²) in [4.78, 5) is 10.4. The van der Waals surface area contributed by atoms with Crippen molar-refractivity contribution in [3.05, 3.63) is 35.4 Å². The number of hydrogen-bond donors (Lipinski definition) is 3. The van der Waals surface area contributed by atoms with Gasteiger partial charge in [-0.05, 0) is 23.5 Å². The molecule has 0 radical (unpaired) electrons. The maximum Gasteiger partial charge on any atom is 0.306 e. The highest BCUT2D eigenvalue weighted by Crippen LogP contribution is 2.20. The summed E-state index contributed by atoms with van der Waals surface area (Å²) in [6.07, 6.45) is -1.95. The molecule has 18 heavy (non-hydrogen) atoms. The summed E-state index contributed by atoms with van der Waals surface area (Å²) in [5, 5.41) is 27.9. The molecule has 0 aliphatic rings. The van der Waals surface area contributed by atoms with Gasteiger partial charge in [0.2, 0.25) is 0 Å². The third-order valence-electron chi connectivity index (χ3n) is 2.71. The van der Waals surface area contributed by atoms with Gasteiger partial charge >= 0.3 is 5.97 Å². The minimum Gasteiger partial charge on any atom is -0.481 e. The Morgan fingerprint density at radius 3 is 2.17 bits per heavy atom. The van der Waals surface area contributed by atoms with E-state index in [1.54, 1.807) is 12.1 Å². The summed E-state index contributed by atoms with van der Waals surface area (Å²) in [6, 6.07) is 7.25. The quantitative estimate of drug-likeness (QED) is 0.721. The number of benzene rings is 1. The molecule has 0 spiro atoms. The topological polar surface area (TPSA) is 77.8 Å². The van der Waals surface area contributed by atoms with Gasteiger partial charge < -0.3 is 15.3 Å². The number of carboxylic acids is 1. The van der Waals surface area contributed by atoms with Crippen LogP contribution >= 0.6 is 0 Å². The van der Waals surface area contributed by atoms with Crippen molar-refractivity contribution in [3.8, 4) is 0 Å². The lowest BCUT2D eigenvalue weighted by Gasteiger charge is -2.17.